The number of carbonyl (C=O) groups excluding carboxylic acids is 1. The van der Waals surface area contributed by atoms with E-state index in [4.69, 9.17) is 11.6 Å². The first kappa shape index (κ1) is 15.2. The lowest BCUT2D eigenvalue weighted by Crippen LogP contribution is -2.33. The molecule has 1 aliphatic rings. The van der Waals surface area contributed by atoms with E-state index in [9.17, 15) is 4.79 Å². The highest BCUT2D eigenvalue weighted by Crippen LogP contribution is 2.32. The van der Waals surface area contributed by atoms with Crippen molar-refractivity contribution < 1.29 is 4.79 Å². The maximum atomic E-state index is 11.6. The largest absolute Gasteiger partial charge is 0.347 e. The summed E-state index contributed by atoms with van der Waals surface area (Å²) in [6.45, 7) is 9.82. The van der Waals surface area contributed by atoms with Gasteiger partial charge in [0.2, 0.25) is 0 Å². The van der Waals surface area contributed by atoms with Gasteiger partial charge in [-0.3, -0.25) is 0 Å². The van der Waals surface area contributed by atoms with Crippen LogP contribution in [0.3, 0.4) is 0 Å². The van der Waals surface area contributed by atoms with Crippen LogP contribution < -0.4 is 5.32 Å². The summed E-state index contributed by atoms with van der Waals surface area (Å²) < 4.78 is 0. The molecule has 1 N–H and O–H groups in total. The molecule has 1 aromatic carbocycles. The number of carbonyl (C=O) groups is 1. The molecular weight excluding hydrogens is 262 g/mol. The lowest BCUT2D eigenvalue weighted by molar-refractivity contribution is 0.232. The van der Waals surface area contributed by atoms with Crippen molar-refractivity contribution in [3.05, 3.63) is 35.4 Å². The Morgan fingerprint density at radius 3 is 2.68 bits per heavy atom. The van der Waals surface area contributed by atoms with Crippen LogP contribution in [0.1, 0.15) is 32.8 Å². The molecule has 0 fully saturated rings. The summed E-state index contributed by atoms with van der Waals surface area (Å²) in [6, 6.07) is 4.88. The molecule has 0 spiro atoms. The number of anilines is 1. The topological polar surface area (TPSA) is 44.7 Å². The zero-order valence-electron chi connectivity index (χ0n) is 11.4. The summed E-state index contributed by atoms with van der Waals surface area (Å²) in [5.41, 5.74) is 1.99. The number of nitrogens with one attached hydrogen (secondary N) is 1. The lowest BCUT2D eigenvalue weighted by atomic mass is 10.1. The van der Waals surface area contributed by atoms with E-state index in [2.05, 4.69) is 30.8 Å². The SMILES string of the molecule is C=C1c2cc(Cl)ccc2NC(=O)N1/N=C\C.CCC. The monoisotopic (exact) mass is 279 g/mol. The van der Waals surface area contributed by atoms with Crippen molar-refractivity contribution in [1.29, 1.82) is 0 Å². The minimum absolute atomic E-state index is 0.321. The predicted octanol–water partition coefficient (Wildman–Crippen LogP) is 4.58. The van der Waals surface area contributed by atoms with E-state index >= 15 is 0 Å². The fraction of sp³-hybridized carbons (Fsp3) is 0.286. The molecule has 102 valence electrons. The number of hydrazone groups is 1. The van der Waals surface area contributed by atoms with Crippen molar-refractivity contribution in [2.75, 3.05) is 5.32 Å². The smallest absolute Gasteiger partial charge is 0.305 e. The second kappa shape index (κ2) is 6.95. The molecular formula is C14H18ClN3O. The Morgan fingerprint density at radius 2 is 2.11 bits per heavy atom. The summed E-state index contributed by atoms with van der Waals surface area (Å²) in [4.78, 5) is 11.6. The van der Waals surface area contributed by atoms with Gasteiger partial charge in [-0.1, -0.05) is 38.4 Å². The Morgan fingerprint density at radius 1 is 1.47 bits per heavy atom. The van der Waals surface area contributed by atoms with Crippen LogP contribution in [0.5, 0.6) is 0 Å². The Labute approximate surface area is 118 Å². The first-order valence-corrected chi connectivity index (χ1v) is 6.51. The molecule has 0 aromatic heterocycles. The fourth-order valence-corrected chi connectivity index (χ4v) is 1.68. The maximum absolute atomic E-state index is 11.6. The normalized spacial score (nSPS) is 13.8. The number of hydrogen-bond acceptors (Lipinski definition) is 2. The van der Waals surface area contributed by atoms with Gasteiger partial charge in [0.15, 0.2) is 0 Å². The molecule has 0 unspecified atom stereocenters. The van der Waals surface area contributed by atoms with Crippen LogP contribution in [-0.4, -0.2) is 17.3 Å². The third-order valence-electron chi connectivity index (χ3n) is 2.21. The van der Waals surface area contributed by atoms with Gasteiger partial charge in [0.25, 0.3) is 0 Å². The first-order valence-electron chi connectivity index (χ1n) is 6.13. The average molecular weight is 280 g/mol. The van der Waals surface area contributed by atoms with Crippen molar-refractivity contribution >= 4 is 35.2 Å². The van der Waals surface area contributed by atoms with E-state index in [1.165, 1.54) is 17.6 Å². The highest BCUT2D eigenvalue weighted by Gasteiger charge is 2.25. The van der Waals surface area contributed by atoms with Crippen LogP contribution in [-0.2, 0) is 0 Å². The summed E-state index contributed by atoms with van der Waals surface area (Å²) in [7, 11) is 0. The summed E-state index contributed by atoms with van der Waals surface area (Å²) in [6.07, 6.45) is 2.78. The second-order valence-electron chi connectivity index (χ2n) is 3.96. The van der Waals surface area contributed by atoms with E-state index < -0.39 is 0 Å². The van der Waals surface area contributed by atoms with Crippen molar-refractivity contribution in [1.82, 2.24) is 5.01 Å². The van der Waals surface area contributed by atoms with Crippen molar-refractivity contribution in [2.24, 2.45) is 5.10 Å². The minimum atomic E-state index is -0.321. The fourth-order valence-electron chi connectivity index (χ4n) is 1.51. The van der Waals surface area contributed by atoms with Gasteiger partial charge in [0, 0.05) is 16.8 Å². The zero-order chi connectivity index (χ0) is 14.4. The highest BCUT2D eigenvalue weighted by molar-refractivity contribution is 6.31. The van der Waals surface area contributed by atoms with Gasteiger partial charge < -0.3 is 5.32 Å². The number of amides is 2. The van der Waals surface area contributed by atoms with Gasteiger partial charge in [-0.25, -0.2) is 4.79 Å². The molecule has 1 heterocycles. The number of nitrogens with zero attached hydrogens (tertiary/aromatic N) is 2. The summed E-state index contributed by atoms with van der Waals surface area (Å²) in [5, 5.41) is 8.44. The second-order valence-corrected chi connectivity index (χ2v) is 4.40. The van der Waals surface area contributed by atoms with Crippen molar-refractivity contribution in [2.45, 2.75) is 27.2 Å². The molecule has 19 heavy (non-hydrogen) atoms. The van der Waals surface area contributed by atoms with Crippen LogP contribution in [0.4, 0.5) is 10.5 Å². The van der Waals surface area contributed by atoms with Gasteiger partial charge in [0.05, 0.1) is 11.4 Å². The van der Waals surface area contributed by atoms with E-state index in [0.717, 1.165) is 5.56 Å². The van der Waals surface area contributed by atoms with Crippen molar-refractivity contribution in [3.63, 3.8) is 0 Å². The van der Waals surface area contributed by atoms with Crippen LogP contribution >= 0.6 is 11.6 Å². The standard InChI is InChI=1S/C11H10ClN3O.C3H8/c1-3-13-15-7(2)9-6-8(12)4-5-10(9)14-11(15)16;1-3-2/h3-6H,2H2,1H3,(H,14,16);3H2,1-2H3/b13-3-;. The summed E-state index contributed by atoms with van der Waals surface area (Å²) >= 11 is 5.89. The molecule has 2 amide bonds. The number of fused-ring (bicyclic) bond motifs is 1. The molecule has 1 aliphatic heterocycles. The Kier molecular flexibility index (Phi) is 5.57. The van der Waals surface area contributed by atoms with Gasteiger partial charge >= 0.3 is 6.03 Å². The van der Waals surface area contributed by atoms with Crippen LogP contribution in [0, 0.1) is 0 Å². The first-order chi connectivity index (χ1) is 9.04. The number of hydrogen-bond donors (Lipinski definition) is 1. The van der Waals surface area contributed by atoms with Gasteiger partial charge in [-0.15, -0.1) is 0 Å². The Hall–Kier alpha value is -1.81. The molecule has 4 nitrogen and oxygen atoms in total. The molecule has 0 bridgehead atoms. The number of urea groups is 1. The molecule has 2 rings (SSSR count). The molecule has 0 aliphatic carbocycles. The zero-order valence-corrected chi connectivity index (χ0v) is 12.2. The van der Waals surface area contributed by atoms with Crippen LogP contribution in [0.25, 0.3) is 5.70 Å². The number of halogens is 1. The van der Waals surface area contributed by atoms with Gasteiger partial charge in [0.1, 0.15) is 0 Å². The van der Waals surface area contributed by atoms with E-state index in [1.54, 1.807) is 25.1 Å². The number of benzene rings is 1. The third-order valence-corrected chi connectivity index (χ3v) is 2.45. The van der Waals surface area contributed by atoms with E-state index in [-0.39, 0.29) is 6.03 Å². The van der Waals surface area contributed by atoms with Crippen LogP contribution in [0.15, 0.2) is 29.9 Å². The van der Waals surface area contributed by atoms with E-state index in [1.807, 2.05) is 0 Å². The molecule has 0 radical (unpaired) electrons. The number of rotatable bonds is 1. The third kappa shape index (κ3) is 3.58. The lowest BCUT2D eigenvalue weighted by Gasteiger charge is -2.27. The average Bonchev–Trinajstić information content (AvgIpc) is 2.37. The molecule has 0 atom stereocenters. The molecule has 0 saturated heterocycles. The quantitative estimate of drug-likeness (QED) is 0.751. The Bertz CT molecular complexity index is 511. The maximum Gasteiger partial charge on any atom is 0.347 e. The van der Waals surface area contributed by atoms with Gasteiger partial charge in [-0.05, 0) is 25.1 Å². The Balaban J connectivity index is 0.000000550. The highest BCUT2D eigenvalue weighted by atomic mass is 35.5. The predicted molar refractivity (Wildman–Crippen MR) is 81.5 cm³/mol. The minimum Gasteiger partial charge on any atom is -0.305 e. The summed E-state index contributed by atoms with van der Waals surface area (Å²) in [5.74, 6) is 0. The molecule has 0 saturated carbocycles. The molecule has 1 aromatic rings. The van der Waals surface area contributed by atoms with Crippen LogP contribution in [0.2, 0.25) is 5.02 Å². The van der Waals surface area contributed by atoms with E-state index in [0.29, 0.717) is 16.4 Å². The van der Waals surface area contributed by atoms with Gasteiger partial charge in [-0.2, -0.15) is 10.1 Å². The van der Waals surface area contributed by atoms with Crippen molar-refractivity contribution in [3.8, 4) is 0 Å². The molecule has 5 heteroatoms.